The number of carbonyl (C=O) groups excluding carboxylic acids is 1. The number of carboxylic acid groups (broad SMARTS) is 1. The van der Waals surface area contributed by atoms with Crippen molar-refractivity contribution in [2.75, 3.05) is 19.9 Å². The lowest BCUT2D eigenvalue weighted by Crippen LogP contribution is -2.42. The monoisotopic (exact) mass is 311 g/mol. The summed E-state index contributed by atoms with van der Waals surface area (Å²) < 4.78 is 23.5. The van der Waals surface area contributed by atoms with Gasteiger partial charge < -0.3 is 19.9 Å². The van der Waals surface area contributed by atoms with Crippen molar-refractivity contribution in [2.45, 2.75) is 25.0 Å². The lowest BCUT2D eigenvalue weighted by Gasteiger charge is -2.23. The lowest BCUT2D eigenvalue weighted by atomic mass is 10.1. The van der Waals surface area contributed by atoms with E-state index in [1.807, 2.05) is 0 Å². The summed E-state index contributed by atoms with van der Waals surface area (Å²) in [6.07, 6.45) is 1.73. The van der Waals surface area contributed by atoms with Gasteiger partial charge in [-0.05, 0) is 24.3 Å². The maximum atomic E-state index is 12.5. The van der Waals surface area contributed by atoms with Crippen LogP contribution in [0.15, 0.2) is 24.3 Å². The molecule has 2 N–H and O–H groups in total. The van der Waals surface area contributed by atoms with Gasteiger partial charge in [-0.3, -0.25) is 4.79 Å². The quantitative estimate of drug-likeness (QED) is 0.829. The number of hydrogen-bond acceptors (Lipinski definition) is 4. The third-order valence-corrected chi connectivity index (χ3v) is 3.35. The Balaban J connectivity index is 1.92. The number of carbonyl (C=O) groups is 2. The second-order valence-corrected chi connectivity index (χ2v) is 4.97. The van der Waals surface area contributed by atoms with E-state index in [1.54, 1.807) is 12.1 Å². The number of halogens is 1. The van der Waals surface area contributed by atoms with Gasteiger partial charge in [0.05, 0.1) is 13.2 Å². The van der Waals surface area contributed by atoms with Crippen LogP contribution in [0.1, 0.15) is 23.2 Å². The molecule has 0 radical (unpaired) electrons. The zero-order valence-electron chi connectivity index (χ0n) is 12.0. The topological polar surface area (TPSA) is 84.9 Å². The molecule has 7 heteroatoms. The van der Waals surface area contributed by atoms with Crippen molar-refractivity contribution in [2.24, 2.45) is 0 Å². The van der Waals surface area contributed by atoms with Crippen LogP contribution in [0.25, 0.3) is 0 Å². The molecule has 1 aromatic rings. The summed E-state index contributed by atoms with van der Waals surface area (Å²) in [5.74, 6) is -1.42. The van der Waals surface area contributed by atoms with E-state index in [4.69, 9.17) is 14.6 Å². The summed E-state index contributed by atoms with van der Waals surface area (Å²) in [6.45, 7) is 0.182. The number of nitrogens with one attached hydrogen (secondary N) is 1. The Labute approximate surface area is 127 Å². The second kappa shape index (κ2) is 7.74. The van der Waals surface area contributed by atoms with Crippen molar-refractivity contribution in [1.29, 1.82) is 0 Å². The van der Waals surface area contributed by atoms with E-state index in [0.717, 1.165) is 12.8 Å². The van der Waals surface area contributed by atoms with Gasteiger partial charge in [0.25, 0.3) is 5.91 Å². The summed E-state index contributed by atoms with van der Waals surface area (Å²) in [7, 11) is 0. The molecule has 0 aliphatic carbocycles. The molecular formula is C15H18FNO5. The SMILES string of the molecule is O=C(NC(CF)C(=O)O)c1ccc(OC2CCOCC2)cc1. The maximum Gasteiger partial charge on any atom is 0.328 e. The lowest BCUT2D eigenvalue weighted by molar-refractivity contribution is -0.139. The Bertz CT molecular complexity index is 513. The van der Waals surface area contributed by atoms with Crippen LogP contribution in [0.4, 0.5) is 4.39 Å². The van der Waals surface area contributed by atoms with Crippen LogP contribution in [0.5, 0.6) is 5.75 Å². The highest BCUT2D eigenvalue weighted by atomic mass is 19.1. The molecule has 0 aromatic heterocycles. The first-order chi connectivity index (χ1) is 10.6. The van der Waals surface area contributed by atoms with Gasteiger partial charge in [0.2, 0.25) is 0 Å². The molecule has 1 fully saturated rings. The fourth-order valence-corrected chi connectivity index (χ4v) is 2.08. The van der Waals surface area contributed by atoms with Gasteiger partial charge in [-0.1, -0.05) is 0 Å². The van der Waals surface area contributed by atoms with Crippen LogP contribution < -0.4 is 10.1 Å². The summed E-state index contributed by atoms with van der Waals surface area (Å²) in [6, 6.07) is 4.76. The van der Waals surface area contributed by atoms with Gasteiger partial charge in [-0.25, -0.2) is 9.18 Å². The molecule has 0 spiro atoms. The second-order valence-electron chi connectivity index (χ2n) is 4.97. The third-order valence-electron chi connectivity index (χ3n) is 3.35. The molecule has 1 aliphatic rings. The normalized spacial score (nSPS) is 16.8. The van der Waals surface area contributed by atoms with Crippen molar-refractivity contribution in [3.8, 4) is 5.75 Å². The highest BCUT2D eigenvalue weighted by Gasteiger charge is 2.20. The Morgan fingerprint density at radius 2 is 1.95 bits per heavy atom. The summed E-state index contributed by atoms with van der Waals surface area (Å²) in [4.78, 5) is 22.5. The number of benzene rings is 1. The third kappa shape index (κ3) is 4.42. The molecule has 1 aliphatic heterocycles. The molecule has 22 heavy (non-hydrogen) atoms. The van der Waals surface area contributed by atoms with Crippen LogP contribution in [0.3, 0.4) is 0 Å². The van der Waals surface area contributed by atoms with Crippen LogP contribution in [-0.2, 0) is 9.53 Å². The molecule has 1 heterocycles. The molecule has 1 aromatic carbocycles. The molecule has 120 valence electrons. The highest BCUT2D eigenvalue weighted by Crippen LogP contribution is 2.18. The van der Waals surface area contributed by atoms with Crippen LogP contribution in [0, 0.1) is 0 Å². The van der Waals surface area contributed by atoms with E-state index < -0.39 is 24.6 Å². The number of rotatable bonds is 6. The van der Waals surface area contributed by atoms with E-state index >= 15 is 0 Å². The number of amides is 1. The van der Waals surface area contributed by atoms with Gasteiger partial charge in [0.1, 0.15) is 18.5 Å². The molecule has 1 atom stereocenters. The standard InChI is InChI=1S/C15H18FNO5/c16-9-13(15(19)20)17-14(18)10-1-3-11(4-2-10)22-12-5-7-21-8-6-12/h1-4,12-13H,5-9H2,(H,17,18)(H,19,20). The first-order valence-electron chi connectivity index (χ1n) is 7.04. The van der Waals surface area contributed by atoms with Crippen molar-refractivity contribution in [1.82, 2.24) is 5.32 Å². The predicted molar refractivity (Wildman–Crippen MR) is 75.8 cm³/mol. The van der Waals surface area contributed by atoms with Crippen molar-refractivity contribution >= 4 is 11.9 Å². The maximum absolute atomic E-state index is 12.5. The molecule has 0 bridgehead atoms. The minimum absolute atomic E-state index is 0.0938. The van der Waals surface area contributed by atoms with Crippen molar-refractivity contribution in [3.63, 3.8) is 0 Å². The fourth-order valence-electron chi connectivity index (χ4n) is 2.08. The minimum Gasteiger partial charge on any atom is -0.490 e. The van der Waals surface area contributed by atoms with E-state index in [1.165, 1.54) is 12.1 Å². The van der Waals surface area contributed by atoms with Crippen molar-refractivity contribution in [3.05, 3.63) is 29.8 Å². The van der Waals surface area contributed by atoms with Crippen LogP contribution in [0.2, 0.25) is 0 Å². The van der Waals surface area contributed by atoms with Gasteiger partial charge in [-0.2, -0.15) is 0 Å². The molecule has 1 saturated heterocycles. The molecule has 6 nitrogen and oxygen atoms in total. The van der Waals surface area contributed by atoms with Crippen LogP contribution in [-0.4, -0.2) is 49.0 Å². The zero-order valence-corrected chi connectivity index (χ0v) is 12.0. The number of hydrogen-bond donors (Lipinski definition) is 2. The summed E-state index contributed by atoms with van der Waals surface area (Å²) in [5, 5.41) is 10.8. The smallest absolute Gasteiger partial charge is 0.328 e. The van der Waals surface area contributed by atoms with E-state index in [-0.39, 0.29) is 11.7 Å². The molecule has 2 rings (SSSR count). The van der Waals surface area contributed by atoms with Crippen LogP contribution >= 0.6 is 0 Å². The van der Waals surface area contributed by atoms with Gasteiger partial charge in [0, 0.05) is 18.4 Å². The summed E-state index contributed by atoms with van der Waals surface area (Å²) >= 11 is 0. The van der Waals surface area contributed by atoms with E-state index in [0.29, 0.717) is 19.0 Å². The predicted octanol–water partition coefficient (Wildman–Crippen LogP) is 1.40. The van der Waals surface area contributed by atoms with E-state index in [9.17, 15) is 14.0 Å². The zero-order chi connectivity index (χ0) is 15.9. The number of aliphatic carboxylic acids is 1. The molecular weight excluding hydrogens is 293 g/mol. The first-order valence-corrected chi connectivity index (χ1v) is 7.04. The Hall–Kier alpha value is -2.15. The molecule has 0 saturated carbocycles. The summed E-state index contributed by atoms with van der Waals surface area (Å²) in [5.41, 5.74) is 0.249. The Morgan fingerprint density at radius 3 is 2.50 bits per heavy atom. The average molecular weight is 311 g/mol. The number of ether oxygens (including phenoxy) is 2. The first kappa shape index (κ1) is 16.2. The highest BCUT2D eigenvalue weighted by molar-refractivity contribution is 5.96. The molecule has 1 amide bonds. The van der Waals surface area contributed by atoms with Gasteiger partial charge in [0.15, 0.2) is 6.04 Å². The van der Waals surface area contributed by atoms with Gasteiger partial charge in [-0.15, -0.1) is 0 Å². The number of carboxylic acids is 1. The largest absolute Gasteiger partial charge is 0.490 e. The minimum atomic E-state index is -1.54. The van der Waals surface area contributed by atoms with Crippen molar-refractivity contribution < 1.29 is 28.6 Å². The Kier molecular flexibility index (Phi) is 5.71. The van der Waals surface area contributed by atoms with E-state index in [2.05, 4.69) is 5.32 Å². The Morgan fingerprint density at radius 1 is 1.32 bits per heavy atom. The fraction of sp³-hybridized carbons (Fsp3) is 0.467. The molecule has 1 unspecified atom stereocenters. The number of alkyl halides is 1. The van der Waals surface area contributed by atoms with Gasteiger partial charge >= 0.3 is 5.97 Å². The average Bonchev–Trinajstić information content (AvgIpc) is 2.53.